The quantitative estimate of drug-likeness (QED) is 0.598. The van der Waals surface area contributed by atoms with Gasteiger partial charge >= 0.3 is 0 Å². The zero-order valence-corrected chi connectivity index (χ0v) is 11.5. The summed E-state index contributed by atoms with van der Waals surface area (Å²) in [5.41, 5.74) is 3.69. The monoisotopic (exact) mass is 216 g/mol. The fourth-order valence-electron chi connectivity index (χ4n) is 3.35. The van der Waals surface area contributed by atoms with Crippen molar-refractivity contribution < 1.29 is 0 Å². The van der Waals surface area contributed by atoms with Gasteiger partial charge in [0.2, 0.25) is 0 Å². The Labute approximate surface area is 100 Å². The summed E-state index contributed by atoms with van der Waals surface area (Å²) in [7, 11) is 0. The smallest absolute Gasteiger partial charge is 0.00722 e. The largest absolute Gasteiger partial charge is 0.0620 e. The molecule has 16 heavy (non-hydrogen) atoms. The van der Waals surface area contributed by atoms with Crippen molar-refractivity contribution in [3.63, 3.8) is 0 Å². The third kappa shape index (κ3) is 1.35. The van der Waals surface area contributed by atoms with E-state index in [1.54, 1.807) is 11.1 Å². The number of rotatable bonds is 0. The summed E-state index contributed by atoms with van der Waals surface area (Å²) in [5, 5.41) is 0. The van der Waals surface area contributed by atoms with Crippen molar-refractivity contribution in [2.75, 3.05) is 0 Å². The standard InChI is InChI=1S/C16H24/c1-11-12(2)16(5,6)14-10-8-7-9-13(14)15(11,3)4/h7-12H,1-6H3. The van der Waals surface area contributed by atoms with E-state index >= 15 is 0 Å². The molecule has 1 aromatic carbocycles. The van der Waals surface area contributed by atoms with E-state index < -0.39 is 0 Å². The molecule has 1 aliphatic carbocycles. The van der Waals surface area contributed by atoms with Crippen LogP contribution in [0.2, 0.25) is 0 Å². The second-order valence-corrected chi connectivity index (χ2v) is 6.57. The van der Waals surface area contributed by atoms with Crippen molar-refractivity contribution in [2.24, 2.45) is 11.8 Å². The van der Waals surface area contributed by atoms with Gasteiger partial charge in [-0.2, -0.15) is 0 Å². The molecule has 0 aromatic heterocycles. The Morgan fingerprint density at radius 3 is 1.38 bits per heavy atom. The fraction of sp³-hybridized carbons (Fsp3) is 0.625. The van der Waals surface area contributed by atoms with Crippen LogP contribution >= 0.6 is 0 Å². The van der Waals surface area contributed by atoms with Crippen LogP contribution in [0.5, 0.6) is 0 Å². The second kappa shape index (κ2) is 3.35. The van der Waals surface area contributed by atoms with Gasteiger partial charge in [-0.25, -0.2) is 0 Å². The van der Waals surface area contributed by atoms with E-state index in [0.29, 0.717) is 10.8 Å². The van der Waals surface area contributed by atoms with E-state index in [2.05, 4.69) is 65.8 Å². The molecule has 0 fully saturated rings. The molecule has 2 unspecified atom stereocenters. The molecule has 2 rings (SSSR count). The van der Waals surface area contributed by atoms with Crippen LogP contribution in [-0.2, 0) is 10.8 Å². The van der Waals surface area contributed by atoms with Crippen molar-refractivity contribution in [2.45, 2.75) is 52.4 Å². The summed E-state index contributed by atoms with van der Waals surface area (Å²) < 4.78 is 0. The summed E-state index contributed by atoms with van der Waals surface area (Å²) in [6.07, 6.45) is 0. The molecule has 0 bridgehead atoms. The van der Waals surface area contributed by atoms with Gasteiger partial charge in [0.1, 0.15) is 0 Å². The maximum Gasteiger partial charge on any atom is -0.00722 e. The molecule has 0 amide bonds. The Kier molecular flexibility index (Phi) is 2.45. The summed E-state index contributed by atoms with van der Waals surface area (Å²) in [4.78, 5) is 0. The molecule has 0 nitrogen and oxygen atoms in total. The molecule has 0 saturated heterocycles. The van der Waals surface area contributed by atoms with Gasteiger partial charge in [0.15, 0.2) is 0 Å². The third-order valence-corrected chi connectivity index (χ3v) is 5.34. The maximum absolute atomic E-state index is 2.41. The van der Waals surface area contributed by atoms with E-state index in [4.69, 9.17) is 0 Å². The molecule has 0 spiro atoms. The van der Waals surface area contributed by atoms with Gasteiger partial charge in [0.05, 0.1) is 0 Å². The zero-order chi connectivity index (χ0) is 12.1. The Morgan fingerprint density at radius 1 is 0.750 bits per heavy atom. The van der Waals surface area contributed by atoms with Gasteiger partial charge in [0, 0.05) is 0 Å². The lowest BCUT2D eigenvalue weighted by Crippen LogP contribution is -2.46. The van der Waals surface area contributed by atoms with Gasteiger partial charge in [-0.3, -0.25) is 0 Å². The molecular weight excluding hydrogens is 192 g/mol. The van der Waals surface area contributed by atoms with Crippen LogP contribution in [0.4, 0.5) is 0 Å². The van der Waals surface area contributed by atoms with Crippen LogP contribution in [0.25, 0.3) is 0 Å². The van der Waals surface area contributed by atoms with Crippen molar-refractivity contribution >= 4 is 0 Å². The van der Waals surface area contributed by atoms with Crippen molar-refractivity contribution in [1.82, 2.24) is 0 Å². The first-order valence-corrected chi connectivity index (χ1v) is 6.39. The van der Waals surface area contributed by atoms with Crippen LogP contribution in [0.15, 0.2) is 24.3 Å². The normalized spacial score (nSPS) is 30.9. The molecule has 0 N–H and O–H groups in total. The average molecular weight is 216 g/mol. The molecule has 1 aliphatic rings. The van der Waals surface area contributed by atoms with Crippen LogP contribution in [0.3, 0.4) is 0 Å². The highest BCUT2D eigenvalue weighted by Gasteiger charge is 2.46. The van der Waals surface area contributed by atoms with E-state index in [1.165, 1.54) is 0 Å². The molecule has 0 aliphatic heterocycles. The molecule has 0 radical (unpaired) electrons. The highest BCUT2D eigenvalue weighted by Crippen LogP contribution is 2.51. The molecule has 88 valence electrons. The van der Waals surface area contributed by atoms with Gasteiger partial charge < -0.3 is 0 Å². The summed E-state index contributed by atoms with van der Waals surface area (Å²) in [6, 6.07) is 9.00. The van der Waals surface area contributed by atoms with Crippen molar-refractivity contribution in [3.05, 3.63) is 35.4 Å². The van der Waals surface area contributed by atoms with E-state index in [1.807, 2.05) is 0 Å². The Hall–Kier alpha value is -0.780. The van der Waals surface area contributed by atoms with Crippen LogP contribution < -0.4 is 0 Å². The summed E-state index contributed by atoms with van der Waals surface area (Å²) >= 11 is 0. The second-order valence-electron chi connectivity index (χ2n) is 6.57. The predicted octanol–water partition coefficient (Wildman–Crippen LogP) is 4.53. The Bertz CT molecular complexity index is 359. The lowest BCUT2D eigenvalue weighted by Gasteiger charge is -2.51. The SMILES string of the molecule is CC1C(C)C(C)(C)c2ccccc2C1(C)C. The zero-order valence-electron chi connectivity index (χ0n) is 11.5. The molecule has 1 aromatic rings. The summed E-state index contributed by atoms with van der Waals surface area (Å²) in [6.45, 7) is 14.4. The van der Waals surface area contributed by atoms with Gasteiger partial charge in [-0.1, -0.05) is 65.8 Å². The lowest BCUT2D eigenvalue weighted by atomic mass is 9.53. The van der Waals surface area contributed by atoms with Crippen LogP contribution in [-0.4, -0.2) is 0 Å². The first kappa shape index (κ1) is 11.7. The van der Waals surface area contributed by atoms with Crippen LogP contribution in [0, 0.1) is 11.8 Å². The van der Waals surface area contributed by atoms with E-state index in [-0.39, 0.29) is 0 Å². The minimum atomic E-state index is 0.297. The molecule has 0 heteroatoms. The van der Waals surface area contributed by atoms with Gasteiger partial charge in [-0.05, 0) is 33.8 Å². The first-order valence-electron chi connectivity index (χ1n) is 6.39. The fourth-order valence-corrected chi connectivity index (χ4v) is 3.35. The highest BCUT2D eigenvalue weighted by atomic mass is 14.5. The van der Waals surface area contributed by atoms with Crippen molar-refractivity contribution in [1.29, 1.82) is 0 Å². The number of hydrogen-bond donors (Lipinski definition) is 0. The molecular formula is C16H24. The number of benzene rings is 1. The van der Waals surface area contributed by atoms with Crippen molar-refractivity contribution in [3.8, 4) is 0 Å². The number of hydrogen-bond acceptors (Lipinski definition) is 0. The molecule has 2 atom stereocenters. The van der Waals surface area contributed by atoms with Gasteiger partial charge in [-0.15, -0.1) is 0 Å². The first-order chi connectivity index (χ1) is 7.29. The molecule has 0 saturated carbocycles. The van der Waals surface area contributed by atoms with Gasteiger partial charge in [0.25, 0.3) is 0 Å². The summed E-state index contributed by atoms with van der Waals surface area (Å²) in [5.74, 6) is 1.44. The average Bonchev–Trinajstić information content (AvgIpc) is 2.25. The molecule has 0 heterocycles. The van der Waals surface area contributed by atoms with E-state index in [9.17, 15) is 0 Å². The third-order valence-electron chi connectivity index (χ3n) is 5.34. The maximum atomic E-state index is 2.41. The minimum Gasteiger partial charge on any atom is -0.0620 e. The Morgan fingerprint density at radius 2 is 1.06 bits per heavy atom. The topological polar surface area (TPSA) is 0 Å². The Balaban J connectivity index is 2.70. The predicted molar refractivity (Wildman–Crippen MR) is 70.8 cm³/mol. The van der Waals surface area contributed by atoms with Crippen LogP contribution in [0.1, 0.15) is 52.7 Å². The number of fused-ring (bicyclic) bond motifs is 1. The van der Waals surface area contributed by atoms with E-state index in [0.717, 1.165) is 11.8 Å². The highest BCUT2D eigenvalue weighted by molar-refractivity contribution is 5.42. The minimum absolute atomic E-state index is 0.297. The lowest BCUT2D eigenvalue weighted by molar-refractivity contribution is 0.145.